The molecule has 1 aromatic carbocycles. The first-order valence-corrected chi connectivity index (χ1v) is 7.35. The number of nitrogens with one attached hydrogen (secondary N) is 1. The number of carbonyl (C=O) groups excluding carboxylic acids is 1. The largest absolute Gasteiger partial charge is 0.479 e. The summed E-state index contributed by atoms with van der Waals surface area (Å²) in [5.74, 6) is -1.83. The highest BCUT2D eigenvalue weighted by Crippen LogP contribution is 2.20. The summed E-state index contributed by atoms with van der Waals surface area (Å²) in [6.45, 7) is 0.133. The Bertz CT molecular complexity index is 840. The van der Waals surface area contributed by atoms with Crippen molar-refractivity contribution in [2.75, 3.05) is 13.2 Å². The van der Waals surface area contributed by atoms with Crippen molar-refractivity contribution in [2.24, 2.45) is 0 Å². The van der Waals surface area contributed by atoms with Crippen molar-refractivity contribution < 1.29 is 24.4 Å². The molecule has 1 aromatic heterocycles. The fourth-order valence-corrected chi connectivity index (χ4v) is 2.50. The monoisotopic (exact) mass is 346 g/mol. The molecule has 10 nitrogen and oxygen atoms in total. The van der Waals surface area contributed by atoms with Crippen LogP contribution in [-0.4, -0.2) is 50.4 Å². The van der Waals surface area contributed by atoms with Crippen LogP contribution in [0.15, 0.2) is 36.5 Å². The summed E-state index contributed by atoms with van der Waals surface area (Å²) in [6, 6.07) is 7.17. The maximum atomic E-state index is 12.3. The average Bonchev–Trinajstić information content (AvgIpc) is 3.25. The molecule has 3 rings (SSSR count). The Morgan fingerprint density at radius 2 is 2.20 bits per heavy atom. The second kappa shape index (κ2) is 6.32. The number of carboxylic acids is 1. The quantitative estimate of drug-likeness (QED) is 0.602. The lowest BCUT2D eigenvalue weighted by Crippen LogP contribution is -2.55. The number of nitro groups is 1. The smallest absolute Gasteiger partial charge is 0.331 e. The standard InChI is InChI=1S/C15H14N4O6/c20-13(16-15(14(21)22)5-7-25-9-15)12-4-6-18(17-12)10-2-1-3-11(8-10)19(23)24/h1-4,6,8H,5,7,9H2,(H,16,20)(H,21,22). The Balaban J connectivity index is 1.81. The molecule has 0 spiro atoms. The summed E-state index contributed by atoms with van der Waals surface area (Å²) < 4.78 is 6.39. The van der Waals surface area contributed by atoms with E-state index in [9.17, 15) is 24.8 Å². The molecule has 0 radical (unpaired) electrons. The van der Waals surface area contributed by atoms with E-state index in [-0.39, 0.29) is 31.0 Å². The number of aliphatic carboxylic acids is 1. The lowest BCUT2D eigenvalue weighted by atomic mass is 9.99. The maximum Gasteiger partial charge on any atom is 0.331 e. The van der Waals surface area contributed by atoms with Crippen LogP contribution in [0.5, 0.6) is 0 Å². The van der Waals surface area contributed by atoms with E-state index in [0.717, 1.165) is 0 Å². The van der Waals surface area contributed by atoms with Gasteiger partial charge in [-0.15, -0.1) is 0 Å². The van der Waals surface area contributed by atoms with Gasteiger partial charge in [0.1, 0.15) is 0 Å². The zero-order chi connectivity index (χ0) is 18.0. The van der Waals surface area contributed by atoms with Crippen LogP contribution >= 0.6 is 0 Å². The van der Waals surface area contributed by atoms with Gasteiger partial charge in [0.05, 0.1) is 17.2 Å². The maximum absolute atomic E-state index is 12.3. The summed E-state index contributed by atoms with van der Waals surface area (Å²) in [4.78, 5) is 34.1. The van der Waals surface area contributed by atoms with E-state index in [1.807, 2.05) is 0 Å². The fourth-order valence-electron chi connectivity index (χ4n) is 2.50. The van der Waals surface area contributed by atoms with Gasteiger partial charge in [0.15, 0.2) is 11.2 Å². The van der Waals surface area contributed by atoms with Gasteiger partial charge in [0, 0.05) is 31.4 Å². The number of amides is 1. The first kappa shape index (κ1) is 16.6. The number of nitrogens with zero attached hydrogens (tertiary/aromatic N) is 3. The molecule has 1 fully saturated rings. The minimum atomic E-state index is -1.47. The Morgan fingerprint density at radius 1 is 1.40 bits per heavy atom. The van der Waals surface area contributed by atoms with Crippen LogP contribution in [0.2, 0.25) is 0 Å². The number of ether oxygens (including phenoxy) is 1. The van der Waals surface area contributed by atoms with Gasteiger partial charge in [0.2, 0.25) is 0 Å². The highest BCUT2D eigenvalue weighted by atomic mass is 16.6. The molecule has 130 valence electrons. The Morgan fingerprint density at radius 3 is 2.84 bits per heavy atom. The van der Waals surface area contributed by atoms with E-state index in [2.05, 4.69) is 10.4 Å². The number of carbonyl (C=O) groups is 2. The summed E-state index contributed by atoms with van der Waals surface area (Å²) in [6.07, 6.45) is 1.63. The number of rotatable bonds is 5. The molecular formula is C15H14N4O6. The lowest BCUT2D eigenvalue weighted by Gasteiger charge is -2.22. The molecule has 1 amide bonds. The minimum Gasteiger partial charge on any atom is -0.479 e. The molecule has 2 aromatic rings. The molecule has 25 heavy (non-hydrogen) atoms. The lowest BCUT2D eigenvalue weighted by molar-refractivity contribution is -0.384. The molecule has 0 aliphatic carbocycles. The zero-order valence-electron chi connectivity index (χ0n) is 12.9. The number of benzene rings is 1. The summed E-state index contributed by atoms with van der Waals surface area (Å²) in [5.41, 5.74) is -1.16. The second-order valence-corrected chi connectivity index (χ2v) is 5.57. The van der Waals surface area contributed by atoms with Crippen LogP contribution in [-0.2, 0) is 9.53 Å². The molecule has 2 heterocycles. The van der Waals surface area contributed by atoms with E-state index in [1.165, 1.54) is 35.1 Å². The SMILES string of the molecule is O=C(NC1(C(=O)O)CCOC1)c1ccn(-c2cccc([N+](=O)[O-])c2)n1. The molecule has 1 unspecified atom stereocenters. The number of carboxylic acid groups (broad SMARTS) is 1. The molecule has 2 N–H and O–H groups in total. The third kappa shape index (κ3) is 3.19. The van der Waals surface area contributed by atoms with Crippen LogP contribution in [0.4, 0.5) is 5.69 Å². The summed E-state index contributed by atoms with van der Waals surface area (Å²) >= 11 is 0. The Hall–Kier alpha value is -3.27. The molecule has 0 bridgehead atoms. The van der Waals surface area contributed by atoms with Crippen molar-refractivity contribution in [1.82, 2.24) is 15.1 Å². The van der Waals surface area contributed by atoms with Crippen LogP contribution in [0.25, 0.3) is 5.69 Å². The van der Waals surface area contributed by atoms with Crippen molar-refractivity contribution in [3.63, 3.8) is 0 Å². The molecule has 1 aliphatic heterocycles. The first-order chi connectivity index (χ1) is 11.9. The van der Waals surface area contributed by atoms with Crippen LogP contribution < -0.4 is 5.32 Å². The van der Waals surface area contributed by atoms with E-state index in [1.54, 1.807) is 6.07 Å². The molecular weight excluding hydrogens is 332 g/mol. The number of non-ortho nitro benzene ring substituents is 1. The topological polar surface area (TPSA) is 137 Å². The third-order valence-electron chi connectivity index (χ3n) is 3.91. The van der Waals surface area contributed by atoms with Crippen molar-refractivity contribution >= 4 is 17.6 Å². The van der Waals surface area contributed by atoms with Crippen molar-refractivity contribution in [1.29, 1.82) is 0 Å². The van der Waals surface area contributed by atoms with Crippen molar-refractivity contribution in [3.05, 3.63) is 52.3 Å². The number of nitro benzene ring substituents is 1. The van der Waals surface area contributed by atoms with Gasteiger partial charge in [-0.1, -0.05) is 6.07 Å². The Labute approximate surface area is 141 Å². The van der Waals surface area contributed by atoms with Gasteiger partial charge in [0.25, 0.3) is 11.6 Å². The molecule has 1 saturated heterocycles. The average molecular weight is 346 g/mol. The first-order valence-electron chi connectivity index (χ1n) is 7.35. The normalized spacial score (nSPS) is 19.5. The molecule has 0 saturated carbocycles. The number of hydrogen-bond donors (Lipinski definition) is 2. The number of aromatic nitrogens is 2. The van der Waals surface area contributed by atoms with E-state index in [4.69, 9.17) is 4.74 Å². The van der Waals surface area contributed by atoms with Gasteiger partial charge in [-0.2, -0.15) is 5.10 Å². The predicted molar refractivity (Wildman–Crippen MR) is 83.5 cm³/mol. The molecule has 10 heteroatoms. The highest BCUT2D eigenvalue weighted by molar-refractivity contribution is 5.96. The van der Waals surface area contributed by atoms with E-state index >= 15 is 0 Å². The van der Waals surface area contributed by atoms with E-state index in [0.29, 0.717) is 5.69 Å². The van der Waals surface area contributed by atoms with Gasteiger partial charge < -0.3 is 15.2 Å². The summed E-state index contributed by atoms with van der Waals surface area (Å²) in [5, 5.41) is 26.7. The Kier molecular flexibility index (Phi) is 4.19. The van der Waals surface area contributed by atoms with Gasteiger partial charge >= 0.3 is 5.97 Å². The zero-order valence-corrected chi connectivity index (χ0v) is 12.9. The van der Waals surface area contributed by atoms with Gasteiger partial charge in [-0.05, 0) is 12.1 Å². The third-order valence-corrected chi connectivity index (χ3v) is 3.91. The fraction of sp³-hybridized carbons (Fsp3) is 0.267. The van der Waals surface area contributed by atoms with E-state index < -0.39 is 22.3 Å². The molecule has 1 aliphatic rings. The van der Waals surface area contributed by atoms with Crippen LogP contribution in [0, 0.1) is 10.1 Å². The van der Waals surface area contributed by atoms with Crippen molar-refractivity contribution in [3.8, 4) is 5.69 Å². The van der Waals surface area contributed by atoms with Gasteiger partial charge in [-0.25, -0.2) is 9.48 Å². The summed E-state index contributed by atoms with van der Waals surface area (Å²) in [7, 11) is 0. The van der Waals surface area contributed by atoms with Crippen LogP contribution in [0.1, 0.15) is 16.9 Å². The second-order valence-electron chi connectivity index (χ2n) is 5.57. The predicted octanol–water partition coefficient (Wildman–Crippen LogP) is 0.754. The molecule has 1 atom stereocenters. The van der Waals surface area contributed by atoms with Crippen molar-refractivity contribution in [2.45, 2.75) is 12.0 Å². The number of hydrogen-bond acceptors (Lipinski definition) is 6. The van der Waals surface area contributed by atoms with Gasteiger partial charge in [-0.3, -0.25) is 14.9 Å². The highest BCUT2D eigenvalue weighted by Gasteiger charge is 2.44. The van der Waals surface area contributed by atoms with Crippen LogP contribution in [0.3, 0.4) is 0 Å². The minimum absolute atomic E-state index is 0.000897.